The molecular weight excluding hydrogens is 214 g/mol. The van der Waals surface area contributed by atoms with Crippen molar-refractivity contribution >= 4 is 5.91 Å². The number of rotatable bonds is 4. The van der Waals surface area contributed by atoms with Gasteiger partial charge in [-0.1, -0.05) is 0 Å². The third-order valence-electron chi connectivity index (χ3n) is 3.87. The summed E-state index contributed by atoms with van der Waals surface area (Å²) in [5.41, 5.74) is 0. The van der Waals surface area contributed by atoms with Crippen LogP contribution in [0.4, 0.5) is 0 Å². The predicted molar refractivity (Wildman–Crippen MR) is 68.9 cm³/mol. The zero-order chi connectivity index (χ0) is 12.1. The molecule has 2 rings (SSSR count). The molecule has 17 heavy (non-hydrogen) atoms. The van der Waals surface area contributed by atoms with Crippen molar-refractivity contribution in [2.45, 2.75) is 51.1 Å². The number of amides is 1. The molecule has 2 aliphatic heterocycles. The molecule has 0 aliphatic carbocycles. The maximum absolute atomic E-state index is 12.1. The maximum atomic E-state index is 12.1. The van der Waals surface area contributed by atoms with E-state index in [1.165, 1.54) is 32.1 Å². The first-order chi connectivity index (χ1) is 8.27. The molecule has 2 heterocycles. The molecule has 0 saturated carbocycles. The highest BCUT2D eigenvalue weighted by Crippen LogP contribution is 2.10. The van der Waals surface area contributed by atoms with E-state index in [2.05, 4.69) is 10.6 Å². The van der Waals surface area contributed by atoms with E-state index < -0.39 is 0 Å². The maximum Gasteiger partial charge on any atom is 0.239 e. The third-order valence-corrected chi connectivity index (χ3v) is 3.87. The second-order valence-electron chi connectivity index (χ2n) is 5.31. The molecule has 1 amide bonds. The molecule has 0 aromatic heterocycles. The topological polar surface area (TPSA) is 44.4 Å². The molecular formula is C13H25N3O. The Kier molecular flexibility index (Phi) is 4.80. The Hall–Kier alpha value is -0.610. The molecule has 0 bridgehead atoms. The summed E-state index contributed by atoms with van der Waals surface area (Å²) in [5.74, 6) is 0.280. The lowest BCUT2D eigenvalue weighted by Crippen LogP contribution is -2.49. The van der Waals surface area contributed by atoms with Gasteiger partial charge in [0.05, 0.1) is 6.04 Å². The largest absolute Gasteiger partial charge is 0.341 e. The van der Waals surface area contributed by atoms with E-state index in [1.54, 1.807) is 0 Å². The average molecular weight is 239 g/mol. The molecule has 0 radical (unpaired) electrons. The summed E-state index contributed by atoms with van der Waals surface area (Å²) in [6.45, 7) is 5.94. The van der Waals surface area contributed by atoms with Crippen molar-refractivity contribution in [2.24, 2.45) is 0 Å². The Morgan fingerprint density at radius 1 is 1.35 bits per heavy atom. The smallest absolute Gasteiger partial charge is 0.239 e. The van der Waals surface area contributed by atoms with Crippen molar-refractivity contribution in [3.63, 3.8) is 0 Å². The number of carbonyl (C=O) groups excluding carboxylic acids is 1. The van der Waals surface area contributed by atoms with Crippen LogP contribution in [-0.2, 0) is 4.79 Å². The summed E-state index contributed by atoms with van der Waals surface area (Å²) in [5, 5.41) is 6.81. The van der Waals surface area contributed by atoms with Crippen LogP contribution < -0.4 is 10.6 Å². The molecule has 2 aliphatic rings. The Labute approximate surface area is 104 Å². The molecule has 2 N–H and O–H groups in total. The molecule has 2 fully saturated rings. The fourth-order valence-corrected chi connectivity index (χ4v) is 2.73. The fourth-order valence-electron chi connectivity index (χ4n) is 2.73. The first-order valence-electron chi connectivity index (χ1n) is 7.03. The van der Waals surface area contributed by atoms with Crippen LogP contribution in [0.2, 0.25) is 0 Å². The Balaban J connectivity index is 1.70. The lowest BCUT2D eigenvalue weighted by atomic mass is 10.1. The Bertz CT molecular complexity index is 245. The van der Waals surface area contributed by atoms with Crippen LogP contribution >= 0.6 is 0 Å². The van der Waals surface area contributed by atoms with Crippen molar-refractivity contribution in [2.75, 3.05) is 26.2 Å². The molecule has 2 atom stereocenters. The number of nitrogens with one attached hydrogen (secondary N) is 2. The van der Waals surface area contributed by atoms with E-state index in [4.69, 9.17) is 0 Å². The summed E-state index contributed by atoms with van der Waals surface area (Å²) in [7, 11) is 0. The van der Waals surface area contributed by atoms with Crippen molar-refractivity contribution in [3.8, 4) is 0 Å². The van der Waals surface area contributed by atoms with E-state index in [0.29, 0.717) is 6.04 Å². The monoisotopic (exact) mass is 239 g/mol. The van der Waals surface area contributed by atoms with Crippen LogP contribution in [-0.4, -0.2) is 49.1 Å². The minimum Gasteiger partial charge on any atom is -0.341 e. The first kappa shape index (κ1) is 12.8. The highest BCUT2D eigenvalue weighted by Gasteiger charge is 2.23. The number of hydrogen-bond acceptors (Lipinski definition) is 3. The fraction of sp³-hybridized carbons (Fsp3) is 0.923. The standard InChI is InChI=1S/C13H25N3O/c1-11(15-10-12-6-5-7-14-12)13(17)16-8-3-2-4-9-16/h11-12,14-15H,2-10H2,1H3. The van der Waals surface area contributed by atoms with Gasteiger partial charge >= 0.3 is 0 Å². The Morgan fingerprint density at radius 3 is 2.76 bits per heavy atom. The van der Waals surface area contributed by atoms with Crippen LogP contribution in [0, 0.1) is 0 Å². The van der Waals surface area contributed by atoms with Gasteiger partial charge in [0.15, 0.2) is 0 Å². The van der Waals surface area contributed by atoms with Crippen molar-refractivity contribution in [3.05, 3.63) is 0 Å². The molecule has 98 valence electrons. The van der Waals surface area contributed by atoms with Crippen molar-refractivity contribution in [1.29, 1.82) is 0 Å². The van der Waals surface area contributed by atoms with Crippen LogP contribution in [0.5, 0.6) is 0 Å². The summed E-state index contributed by atoms with van der Waals surface area (Å²) in [6.07, 6.45) is 6.11. The van der Waals surface area contributed by atoms with Gasteiger partial charge in [-0.2, -0.15) is 0 Å². The zero-order valence-electron chi connectivity index (χ0n) is 10.9. The van der Waals surface area contributed by atoms with Gasteiger partial charge in [-0.3, -0.25) is 4.79 Å². The van der Waals surface area contributed by atoms with E-state index in [-0.39, 0.29) is 11.9 Å². The van der Waals surface area contributed by atoms with Crippen LogP contribution in [0.15, 0.2) is 0 Å². The van der Waals surface area contributed by atoms with Gasteiger partial charge < -0.3 is 15.5 Å². The van der Waals surface area contributed by atoms with E-state index in [1.807, 2.05) is 11.8 Å². The van der Waals surface area contributed by atoms with Gasteiger partial charge in [0.2, 0.25) is 5.91 Å². The van der Waals surface area contributed by atoms with Gasteiger partial charge in [0, 0.05) is 25.7 Å². The number of piperidine rings is 1. The zero-order valence-corrected chi connectivity index (χ0v) is 10.9. The summed E-state index contributed by atoms with van der Waals surface area (Å²) in [4.78, 5) is 14.2. The number of carbonyl (C=O) groups is 1. The minimum atomic E-state index is -0.0319. The predicted octanol–water partition coefficient (Wildman–Crippen LogP) is 0.729. The first-order valence-corrected chi connectivity index (χ1v) is 7.03. The summed E-state index contributed by atoms with van der Waals surface area (Å²) < 4.78 is 0. The second kappa shape index (κ2) is 6.36. The normalized spacial score (nSPS) is 27.1. The lowest BCUT2D eigenvalue weighted by molar-refractivity contribution is -0.133. The molecule has 4 heteroatoms. The minimum absolute atomic E-state index is 0.0319. The number of hydrogen-bond donors (Lipinski definition) is 2. The van der Waals surface area contributed by atoms with Gasteiger partial charge in [0.25, 0.3) is 0 Å². The highest BCUT2D eigenvalue weighted by molar-refractivity contribution is 5.81. The lowest BCUT2D eigenvalue weighted by Gasteiger charge is -2.30. The molecule has 2 unspecified atom stereocenters. The van der Waals surface area contributed by atoms with Crippen molar-refractivity contribution < 1.29 is 4.79 Å². The Morgan fingerprint density at radius 2 is 2.12 bits per heavy atom. The quantitative estimate of drug-likeness (QED) is 0.760. The van der Waals surface area contributed by atoms with Crippen LogP contribution in [0.3, 0.4) is 0 Å². The third kappa shape index (κ3) is 3.68. The second-order valence-corrected chi connectivity index (χ2v) is 5.31. The van der Waals surface area contributed by atoms with Crippen LogP contribution in [0.25, 0.3) is 0 Å². The van der Waals surface area contributed by atoms with Gasteiger partial charge in [-0.25, -0.2) is 0 Å². The molecule has 0 spiro atoms. The molecule has 4 nitrogen and oxygen atoms in total. The average Bonchev–Trinajstić information content (AvgIpc) is 2.89. The summed E-state index contributed by atoms with van der Waals surface area (Å²) in [6, 6.07) is 0.530. The molecule has 0 aromatic carbocycles. The highest BCUT2D eigenvalue weighted by atomic mass is 16.2. The summed E-state index contributed by atoms with van der Waals surface area (Å²) >= 11 is 0. The van der Waals surface area contributed by atoms with Gasteiger partial charge in [-0.05, 0) is 45.6 Å². The van der Waals surface area contributed by atoms with Gasteiger partial charge in [0.1, 0.15) is 0 Å². The van der Waals surface area contributed by atoms with Gasteiger partial charge in [-0.15, -0.1) is 0 Å². The van der Waals surface area contributed by atoms with Crippen LogP contribution in [0.1, 0.15) is 39.0 Å². The SMILES string of the molecule is CC(NCC1CCCN1)C(=O)N1CCCCC1. The number of nitrogens with zero attached hydrogens (tertiary/aromatic N) is 1. The van der Waals surface area contributed by atoms with Crippen molar-refractivity contribution in [1.82, 2.24) is 15.5 Å². The van der Waals surface area contributed by atoms with E-state index >= 15 is 0 Å². The number of likely N-dealkylation sites (tertiary alicyclic amines) is 1. The van der Waals surface area contributed by atoms with E-state index in [9.17, 15) is 4.79 Å². The molecule has 0 aromatic rings. The molecule has 2 saturated heterocycles. The van der Waals surface area contributed by atoms with E-state index in [0.717, 1.165) is 26.2 Å².